The molecule has 0 aliphatic carbocycles. The summed E-state index contributed by atoms with van der Waals surface area (Å²) in [5.41, 5.74) is 0. The molecular weight excluding hydrogens is 228 g/mol. The first-order chi connectivity index (χ1) is 7.84. The molecule has 0 unspecified atom stereocenters. The van der Waals surface area contributed by atoms with Crippen LogP contribution in [0.5, 0.6) is 0 Å². The number of nitrogens with zero attached hydrogens (tertiary/aromatic N) is 5. The molecule has 2 heterocycles. The van der Waals surface area contributed by atoms with Crippen molar-refractivity contribution >= 4 is 17.4 Å². The molecule has 16 heavy (non-hydrogen) atoms. The third-order valence-corrected chi connectivity index (χ3v) is 2.13. The fourth-order valence-corrected chi connectivity index (χ4v) is 1.38. The number of hydrogen-bond acceptors (Lipinski definition) is 5. The van der Waals surface area contributed by atoms with E-state index in [1.807, 2.05) is 6.20 Å². The van der Waals surface area contributed by atoms with Gasteiger partial charge in [-0.1, -0.05) is 16.8 Å². The van der Waals surface area contributed by atoms with Crippen molar-refractivity contribution in [3.05, 3.63) is 29.9 Å². The van der Waals surface area contributed by atoms with Gasteiger partial charge in [0.1, 0.15) is 11.0 Å². The molecule has 84 valence electrons. The number of aryl methyl sites for hydroxylation is 1. The summed E-state index contributed by atoms with van der Waals surface area (Å²) in [7, 11) is 0. The van der Waals surface area contributed by atoms with E-state index in [1.165, 1.54) is 6.20 Å². The summed E-state index contributed by atoms with van der Waals surface area (Å²) in [5, 5.41) is 11.1. The normalized spacial score (nSPS) is 10.3. The largest absolute Gasteiger partial charge is 0.369 e. The Kier molecular flexibility index (Phi) is 3.66. The Morgan fingerprint density at radius 1 is 1.38 bits per heavy atom. The zero-order valence-corrected chi connectivity index (χ0v) is 9.30. The molecule has 0 spiro atoms. The van der Waals surface area contributed by atoms with Crippen molar-refractivity contribution in [1.82, 2.24) is 25.0 Å². The van der Waals surface area contributed by atoms with Gasteiger partial charge in [-0.2, -0.15) is 0 Å². The van der Waals surface area contributed by atoms with E-state index in [4.69, 9.17) is 11.6 Å². The number of halogens is 1. The van der Waals surface area contributed by atoms with E-state index in [1.54, 1.807) is 17.1 Å². The Morgan fingerprint density at radius 3 is 3.06 bits per heavy atom. The smallest absolute Gasteiger partial charge is 0.149 e. The van der Waals surface area contributed by atoms with Crippen molar-refractivity contribution < 1.29 is 0 Å². The van der Waals surface area contributed by atoms with Gasteiger partial charge in [-0.05, 0) is 6.42 Å². The van der Waals surface area contributed by atoms with Crippen LogP contribution < -0.4 is 5.32 Å². The van der Waals surface area contributed by atoms with E-state index in [9.17, 15) is 0 Å². The van der Waals surface area contributed by atoms with Crippen LogP contribution in [0.15, 0.2) is 24.8 Å². The van der Waals surface area contributed by atoms with Crippen molar-refractivity contribution in [3.8, 4) is 0 Å². The lowest BCUT2D eigenvalue weighted by Gasteiger charge is -2.04. The van der Waals surface area contributed by atoms with E-state index in [-0.39, 0.29) is 0 Å². The van der Waals surface area contributed by atoms with Gasteiger partial charge in [0.25, 0.3) is 0 Å². The molecule has 0 amide bonds. The highest BCUT2D eigenvalue weighted by Crippen LogP contribution is 2.06. The van der Waals surface area contributed by atoms with Gasteiger partial charge in [0.15, 0.2) is 0 Å². The first-order valence-electron chi connectivity index (χ1n) is 4.90. The molecule has 1 N–H and O–H groups in total. The fourth-order valence-electron chi connectivity index (χ4n) is 1.24. The molecule has 2 aromatic heterocycles. The Morgan fingerprint density at radius 2 is 2.31 bits per heavy atom. The van der Waals surface area contributed by atoms with Gasteiger partial charge in [-0.25, -0.2) is 4.98 Å². The first-order valence-corrected chi connectivity index (χ1v) is 5.28. The number of aromatic nitrogens is 5. The molecule has 0 fully saturated rings. The van der Waals surface area contributed by atoms with E-state index < -0.39 is 0 Å². The number of anilines is 1. The topological polar surface area (TPSA) is 68.5 Å². The molecule has 2 aromatic rings. The highest BCUT2D eigenvalue weighted by Gasteiger charge is 1.96. The maximum atomic E-state index is 5.70. The van der Waals surface area contributed by atoms with Gasteiger partial charge in [0.05, 0.1) is 18.6 Å². The van der Waals surface area contributed by atoms with Crippen molar-refractivity contribution in [1.29, 1.82) is 0 Å². The average Bonchev–Trinajstić information content (AvgIpc) is 2.77. The Labute approximate surface area is 97.7 Å². The molecule has 0 saturated carbocycles. The fraction of sp³-hybridized carbons (Fsp3) is 0.333. The zero-order chi connectivity index (χ0) is 11.2. The standard InChI is InChI=1S/C9H11ClN6/c10-8-6-11-7-9(14-8)12-2-1-4-16-5-3-13-15-16/h3,5-7H,1-2,4H2,(H,12,14). The zero-order valence-electron chi connectivity index (χ0n) is 8.54. The minimum absolute atomic E-state index is 0.390. The molecule has 0 atom stereocenters. The minimum Gasteiger partial charge on any atom is -0.369 e. The van der Waals surface area contributed by atoms with Gasteiger partial charge in [0.2, 0.25) is 0 Å². The van der Waals surface area contributed by atoms with Crippen LogP contribution in [0.2, 0.25) is 5.15 Å². The van der Waals surface area contributed by atoms with Crippen molar-refractivity contribution in [3.63, 3.8) is 0 Å². The minimum atomic E-state index is 0.390. The molecule has 0 aliphatic heterocycles. The summed E-state index contributed by atoms with van der Waals surface area (Å²) in [4.78, 5) is 7.99. The maximum absolute atomic E-state index is 5.70. The van der Waals surface area contributed by atoms with E-state index in [0.717, 1.165) is 19.5 Å². The monoisotopic (exact) mass is 238 g/mol. The third kappa shape index (κ3) is 3.16. The van der Waals surface area contributed by atoms with Crippen LogP contribution in [0.1, 0.15) is 6.42 Å². The number of rotatable bonds is 5. The molecule has 0 saturated heterocycles. The molecule has 7 heteroatoms. The average molecular weight is 239 g/mol. The van der Waals surface area contributed by atoms with Crippen LogP contribution in [-0.2, 0) is 6.54 Å². The van der Waals surface area contributed by atoms with Crippen LogP contribution in [-0.4, -0.2) is 31.5 Å². The van der Waals surface area contributed by atoms with Crippen molar-refractivity contribution in [2.75, 3.05) is 11.9 Å². The van der Waals surface area contributed by atoms with Gasteiger partial charge in [-0.3, -0.25) is 9.67 Å². The number of nitrogens with one attached hydrogen (secondary N) is 1. The first kappa shape index (κ1) is 10.8. The van der Waals surface area contributed by atoms with E-state index in [2.05, 4.69) is 25.6 Å². The molecule has 0 aliphatic rings. The second-order valence-electron chi connectivity index (χ2n) is 3.17. The second kappa shape index (κ2) is 5.41. The van der Waals surface area contributed by atoms with Crippen molar-refractivity contribution in [2.45, 2.75) is 13.0 Å². The van der Waals surface area contributed by atoms with Crippen LogP contribution in [0.25, 0.3) is 0 Å². The molecule has 0 aromatic carbocycles. The van der Waals surface area contributed by atoms with E-state index >= 15 is 0 Å². The molecular formula is C9H11ClN6. The predicted molar refractivity (Wildman–Crippen MR) is 60.2 cm³/mol. The van der Waals surface area contributed by atoms with Crippen molar-refractivity contribution in [2.24, 2.45) is 0 Å². The summed E-state index contributed by atoms with van der Waals surface area (Å²) in [5.74, 6) is 0.686. The van der Waals surface area contributed by atoms with Gasteiger partial charge < -0.3 is 5.32 Å². The third-order valence-electron chi connectivity index (χ3n) is 1.95. The summed E-state index contributed by atoms with van der Waals surface area (Å²) >= 11 is 5.70. The second-order valence-corrected chi connectivity index (χ2v) is 3.56. The van der Waals surface area contributed by atoms with Crippen LogP contribution in [0.4, 0.5) is 5.82 Å². The Bertz CT molecular complexity index is 429. The lowest BCUT2D eigenvalue weighted by molar-refractivity contribution is 0.569. The predicted octanol–water partition coefficient (Wildman–Crippen LogP) is 1.22. The SMILES string of the molecule is Clc1cncc(NCCCn2ccnn2)n1. The molecule has 6 nitrogen and oxygen atoms in total. The quantitative estimate of drug-likeness (QED) is 0.794. The summed E-state index contributed by atoms with van der Waals surface area (Å²) in [6.07, 6.45) is 7.57. The van der Waals surface area contributed by atoms with Gasteiger partial charge in [-0.15, -0.1) is 5.10 Å². The Balaban J connectivity index is 1.72. The Hall–Kier alpha value is -1.69. The van der Waals surface area contributed by atoms with Gasteiger partial charge >= 0.3 is 0 Å². The maximum Gasteiger partial charge on any atom is 0.149 e. The van der Waals surface area contributed by atoms with E-state index in [0.29, 0.717) is 11.0 Å². The summed E-state index contributed by atoms with van der Waals surface area (Å²) < 4.78 is 1.78. The highest BCUT2D eigenvalue weighted by atomic mass is 35.5. The van der Waals surface area contributed by atoms with Gasteiger partial charge in [0, 0.05) is 19.3 Å². The lowest BCUT2D eigenvalue weighted by Crippen LogP contribution is -2.08. The molecule has 0 radical (unpaired) electrons. The van der Waals surface area contributed by atoms with Crippen LogP contribution in [0, 0.1) is 0 Å². The number of hydrogen-bond donors (Lipinski definition) is 1. The van der Waals surface area contributed by atoms with Crippen LogP contribution >= 0.6 is 11.6 Å². The molecule has 2 rings (SSSR count). The molecule has 0 bridgehead atoms. The summed E-state index contributed by atoms with van der Waals surface area (Å²) in [6, 6.07) is 0. The highest BCUT2D eigenvalue weighted by molar-refractivity contribution is 6.29. The lowest BCUT2D eigenvalue weighted by atomic mass is 10.4. The summed E-state index contributed by atoms with van der Waals surface area (Å²) in [6.45, 7) is 1.61. The van der Waals surface area contributed by atoms with Crippen LogP contribution in [0.3, 0.4) is 0 Å².